The zero-order valence-electron chi connectivity index (χ0n) is 6.98. The number of hydrogen-bond donors (Lipinski definition) is 2. The molecule has 0 aliphatic rings. The van der Waals surface area contributed by atoms with Gasteiger partial charge < -0.3 is 20.9 Å². The fraction of sp³-hybridized carbons (Fsp3) is 0.333. The van der Waals surface area contributed by atoms with Crippen LogP contribution in [0.25, 0.3) is 0 Å². The molecule has 66 valence electrons. The van der Waals surface area contributed by atoms with Crippen LogP contribution in [0.15, 0.2) is 11.5 Å². The van der Waals surface area contributed by atoms with Crippen molar-refractivity contribution < 1.29 is 4.84 Å². The highest BCUT2D eigenvalue weighted by Gasteiger charge is 2.08. The molecule has 0 amide bonds. The number of nitrogens with two attached hydrogens (primary N) is 2. The lowest BCUT2D eigenvalue weighted by atomic mass is 10.4. The van der Waals surface area contributed by atoms with E-state index >= 15 is 0 Å². The molecule has 0 bridgehead atoms. The van der Waals surface area contributed by atoms with E-state index < -0.39 is 0 Å². The molecule has 1 aromatic heterocycles. The van der Waals surface area contributed by atoms with Crippen molar-refractivity contribution >= 4 is 11.7 Å². The molecule has 0 aliphatic carbocycles. The molecule has 1 heterocycles. The SMILES string of the molecule is CO/N=C(\N)c1ncn(C)c1N. The molecule has 0 fully saturated rings. The van der Waals surface area contributed by atoms with Crippen LogP contribution in [0.4, 0.5) is 5.82 Å². The third-order valence-electron chi connectivity index (χ3n) is 1.41. The lowest BCUT2D eigenvalue weighted by Crippen LogP contribution is -2.16. The van der Waals surface area contributed by atoms with Crippen molar-refractivity contribution in [1.29, 1.82) is 0 Å². The third-order valence-corrected chi connectivity index (χ3v) is 1.41. The highest BCUT2D eigenvalue weighted by atomic mass is 16.6. The van der Waals surface area contributed by atoms with Gasteiger partial charge in [0.15, 0.2) is 11.5 Å². The van der Waals surface area contributed by atoms with Crippen molar-refractivity contribution in [3.8, 4) is 0 Å². The van der Waals surface area contributed by atoms with Gasteiger partial charge in [0.2, 0.25) is 0 Å². The summed E-state index contributed by atoms with van der Waals surface area (Å²) in [7, 11) is 3.18. The van der Waals surface area contributed by atoms with Crippen molar-refractivity contribution in [3.63, 3.8) is 0 Å². The lowest BCUT2D eigenvalue weighted by Gasteiger charge is -1.97. The highest BCUT2D eigenvalue weighted by Crippen LogP contribution is 2.06. The van der Waals surface area contributed by atoms with Gasteiger partial charge in [-0.25, -0.2) is 4.98 Å². The highest BCUT2D eigenvalue weighted by molar-refractivity contribution is 5.99. The van der Waals surface area contributed by atoms with Crippen molar-refractivity contribution in [2.45, 2.75) is 0 Å². The minimum absolute atomic E-state index is 0.176. The first-order valence-electron chi connectivity index (χ1n) is 3.30. The summed E-state index contributed by atoms with van der Waals surface area (Å²) in [4.78, 5) is 8.42. The maximum absolute atomic E-state index is 5.62. The Hall–Kier alpha value is -1.72. The Morgan fingerprint density at radius 3 is 2.83 bits per heavy atom. The summed E-state index contributed by atoms with van der Waals surface area (Å²) in [5.41, 5.74) is 11.6. The molecular formula is C6H11N5O. The molecule has 1 rings (SSSR count). The zero-order chi connectivity index (χ0) is 9.14. The summed E-state index contributed by atoms with van der Waals surface area (Å²) in [6.45, 7) is 0. The standard InChI is InChI=1S/C6H11N5O/c1-11-3-9-4(6(11)8)5(7)10-12-2/h3H,8H2,1-2H3,(H2,7,10). The first kappa shape index (κ1) is 8.38. The molecule has 0 spiro atoms. The number of nitrogens with zero attached hydrogens (tertiary/aromatic N) is 3. The molecule has 0 radical (unpaired) electrons. The number of hydrogen-bond acceptors (Lipinski definition) is 4. The first-order valence-corrected chi connectivity index (χ1v) is 3.30. The summed E-state index contributed by atoms with van der Waals surface area (Å²) in [6, 6.07) is 0. The quantitative estimate of drug-likeness (QED) is 0.347. The van der Waals surface area contributed by atoms with E-state index in [1.54, 1.807) is 17.9 Å². The van der Waals surface area contributed by atoms with Crippen molar-refractivity contribution in [3.05, 3.63) is 12.0 Å². The molecule has 0 atom stereocenters. The van der Waals surface area contributed by atoms with E-state index in [9.17, 15) is 0 Å². The van der Waals surface area contributed by atoms with Crippen molar-refractivity contribution in [2.75, 3.05) is 12.8 Å². The third kappa shape index (κ3) is 1.31. The summed E-state index contributed by atoms with van der Waals surface area (Å²) in [5.74, 6) is 0.643. The van der Waals surface area contributed by atoms with Crippen LogP contribution in [0.5, 0.6) is 0 Å². The molecular weight excluding hydrogens is 158 g/mol. The Labute approximate surface area is 69.8 Å². The Balaban J connectivity index is 3.03. The maximum atomic E-state index is 5.62. The number of amidine groups is 1. The second-order valence-corrected chi connectivity index (χ2v) is 2.25. The van der Waals surface area contributed by atoms with Crippen LogP contribution in [-0.4, -0.2) is 22.5 Å². The van der Waals surface area contributed by atoms with Crippen LogP contribution in [-0.2, 0) is 11.9 Å². The maximum Gasteiger partial charge on any atom is 0.192 e. The summed E-state index contributed by atoms with van der Waals surface area (Å²) in [6.07, 6.45) is 1.56. The number of anilines is 1. The smallest absolute Gasteiger partial charge is 0.192 e. The van der Waals surface area contributed by atoms with E-state index in [0.29, 0.717) is 11.5 Å². The predicted octanol–water partition coefficient (Wildman–Crippen LogP) is -0.731. The van der Waals surface area contributed by atoms with Crippen LogP contribution in [0.1, 0.15) is 5.69 Å². The monoisotopic (exact) mass is 169 g/mol. The molecule has 1 aromatic rings. The van der Waals surface area contributed by atoms with E-state index in [0.717, 1.165) is 0 Å². The van der Waals surface area contributed by atoms with Crippen LogP contribution in [0.2, 0.25) is 0 Å². The first-order chi connectivity index (χ1) is 5.66. The Kier molecular flexibility index (Phi) is 2.18. The second-order valence-electron chi connectivity index (χ2n) is 2.25. The van der Waals surface area contributed by atoms with Gasteiger partial charge in [0.05, 0.1) is 6.33 Å². The number of imidazole rings is 1. The van der Waals surface area contributed by atoms with Crippen molar-refractivity contribution in [1.82, 2.24) is 9.55 Å². The fourth-order valence-corrected chi connectivity index (χ4v) is 0.779. The van der Waals surface area contributed by atoms with Gasteiger partial charge in [-0.2, -0.15) is 0 Å². The number of nitrogen functional groups attached to an aromatic ring is 1. The van der Waals surface area contributed by atoms with Crippen LogP contribution < -0.4 is 11.5 Å². The Bertz CT molecular complexity index is 303. The van der Waals surface area contributed by atoms with Gasteiger partial charge in [-0.15, -0.1) is 0 Å². The molecule has 4 N–H and O–H groups in total. The average molecular weight is 169 g/mol. The molecule has 0 aromatic carbocycles. The van der Waals surface area contributed by atoms with Gasteiger partial charge in [0.1, 0.15) is 12.9 Å². The summed E-state index contributed by atoms with van der Waals surface area (Å²) >= 11 is 0. The van der Waals surface area contributed by atoms with E-state index in [4.69, 9.17) is 11.5 Å². The van der Waals surface area contributed by atoms with Gasteiger partial charge in [0.25, 0.3) is 0 Å². The topological polar surface area (TPSA) is 91.5 Å². The molecule has 0 aliphatic heterocycles. The average Bonchev–Trinajstić information content (AvgIpc) is 2.34. The van der Waals surface area contributed by atoms with Crippen LogP contribution >= 0.6 is 0 Å². The van der Waals surface area contributed by atoms with Gasteiger partial charge >= 0.3 is 0 Å². The van der Waals surface area contributed by atoms with Crippen LogP contribution in [0.3, 0.4) is 0 Å². The van der Waals surface area contributed by atoms with E-state index in [1.807, 2.05) is 0 Å². The number of aryl methyl sites for hydroxylation is 1. The Morgan fingerprint density at radius 1 is 1.75 bits per heavy atom. The normalized spacial score (nSPS) is 11.7. The minimum atomic E-state index is 0.176. The molecule has 0 unspecified atom stereocenters. The summed E-state index contributed by atoms with van der Waals surface area (Å²) in [5, 5.41) is 3.51. The molecule has 0 saturated carbocycles. The van der Waals surface area contributed by atoms with E-state index in [1.165, 1.54) is 7.11 Å². The van der Waals surface area contributed by atoms with Gasteiger partial charge in [-0.05, 0) is 0 Å². The predicted molar refractivity (Wildman–Crippen MR) is 45.4 cm³/mol. The van der Waals surface area contributed by atoms with Crippen LogP contribution in [0, 0.1) is 0 Å². The molecule has 6 nitrogen and oxygen atoms in total. The van der Waals surface area contributed by atoms with E-state index in [2.05, 4.69) is 15.0 Å². The molecule has 0 saturated heterocycles. The largest absolute Gasteiger partial charge is 0.397 e. The summed E-state index contributed by atoms with van der Waals surface area (Å²) < 4.78 is 1.65. The molecule has 12 heavy (non-hydrogen) atoms. The fourth-order valence-electron chi connectivity index (χ4n) is 0.779. The minimum Gasteiger partial charge on any atom is -0.397 e. The Morgan fingerprint density at radius 2 is 2.42 bits per heavy atom. The number of oxime groups is 1. The number of rotatable bonds is 2. The lowest BCUT2D eigenvalue weighted by molar-refractivity contribution is 0.213. The molecule has 6 heteroatoms. The second kappa shape index (κ2) is 3.12. The zero-order valence-corrected chi connectivity index (χ0v) is 6.98. The van der Waals surface area contributed by atoms with Gasteiger partial charge in [-0.1, -0.05) is 5.16 Å². The number of aromatic nitrogens is 2. The van der Waals surface area contributed by atoms with E-state index in [-0.39, 0.29) is 5.84 Å². The van der Waals surface area contributed by atoms with Crippen molar-refractivity contribution in [2.24, 2.45) is 17.9 Å². The van der Waals surface area contributed by atoms with Gasteiger partial charge in [-0.3, -0.25) is 0 Å². The van der Waals surface area contributed by atoms with Gasteiger partial charge in [0, 0.05) is 7.05 Å².